The van der Waals surface area contributed by atoms with Gasteiger partial charge in [-0.2, -0.15) is 0 Å². The van der Waals surface area contributed by atoms with E-state index in [9.17, 15) is 5.11 Å². The molecule has 0 aliphatic carbocycles. The van der Waals surface area contributed by atoms with E-state index in [-0.39, 0.29) is 23.9 Å². The molecule has 0 aromatic heterocycles. The van der Waals surface area contributed by atoms with Gasteiger partial charge in [0.15, 0.2) is 11.5 Å². The lowest BCUT2D eigenvalue weighted by Gasteiger charge is -2.29. The number of nitrogens with two attached hydrogens (primary N) is 1. The third-order valence-corrected chi connectivity index (χ3v) is 3.38. The topological polar surface area (TPSA) is 64.7 Å². The van der Waals surface area contributed by atoms with Crippen LogP contribution in [0.4, 0.5) is 0 Å². The predicted molar refractivity (Wildman–Crippen MR) is 83.8 cm³/mol. The first-order valence-electron chi connectivity index (χ1n) is 6.45. The van der Waals surface area contributed by atoms with Gasteiger partial charge in [0.25, 0.3) is 0 Å². The van der Waals surface area contributed by atoms with Crippen molar-refractivity contribution in [2.45, 2.75) is 39.3 Å². The lowest BCUT2D eigenvalue weighted by molar-refractivity contribution is 0.133. The summed E-state index contributed by atoms with van der Waals surface area (Å²) >= 11 is 0. The summed E-state index contributed by atoms with van der Waals surface area (Å²) in [4.78, 5) is 0. The largest absolute Gasteiger partial charge is 0.493 e. The van der Waals surface area contributed by atoms with E-state index in [0.29, 0.717) is 17.9 Å². The van der Waals surface area contributed by atoms with Gasteiger partial charge < -0.3 is 20.3 Å². The number of hydrogen-bond acceptors (Lipinski definition) is 4. The van der Waals surface area contributed by atoms with Crippen LogP contribution in [0.3, 0.4) is 0 Å². The summed E-state index contributed by atoms with van der Waals surface area (Å²) in [5.74, 6) is 1.27. The van der Waals surface area contributed by atoms with Crippen LogP contribution in [0, 0.1) is 5.41 Å². The fraction of sp³-hybridized carbons (Fsp3) is 0.600. The maximum atomic E-state index is 10.3. The molecule has 116 valence electrons. The Morgan fingerprint density at radius 1 is 1.15 bits per heavy atom. The van der Waals surface area contributed by atoms with Crippen molar-refractivity contribution in [1.29, 1.82) is 0 Å². The van der Waals surface area contributed by atoms with Crippen LogP contribution in [0.2, 0.25) is 0 Å². The van der Waals surface area contributed by atoms with Gasteiger partial charge in [-0.3, -0.25) is 0 Å². The van der Waals surface area contributed by atoms with Gasteiger partial charge in [0, 0.05) is 6.04 Å². The quantitative estimate of drug-likeness (QED) is 0.878. The third-order valence-electron chi connectivity index (χ3n) is 3.38. The maximum Gasteiger partial charge on any atom is 0.161 e. The van der Waals surface area contributed by atoms with E-state index < -0.39 is 6.10 Å². The van der Waals surface area contributed by atoms with Crippen LogP contribution < -0.4 is 15.2 Å². The summed E-state index contributed by atoms with van der Waals surface area (Å²) < 4.78 is 10.4. The van der Waals surface area contributed by atoms with Crippen molar-refractivity contribution in [2.24, 2.45) is 11.1 Å². The minimum absolute atomic E-state index is 0. The van der Waals surface area contributed by atoms with E-state index in [2.05, 4.69) is 20.8 Å². The molecule has 0 radical (unpaired) electrons. The molecule has 0 heterocycles. The third kappa shape index (κ3) is 4.85. The van der Waals surface area contributed by atoms with E-state index in [1.165, 1.54) is 0 Å². The molecule has 1 aromatic carbocycles. The van der Waals surface area contributed by atoms with Crippen LogP contribution in [0.1, 0.15) is 38.9 Å². The van der Waals surface area contributed by atoms with E-state index in [1.807, 2.05) is 6.07 Å². The first kappa shape index (κ1) is 19.0. The van der Waals surface area contributed by atoms with Crippen molar-refractivity contribution in [2.75, 3.05) is 14.2 Å². The number of rotatable bonds is 5. The zero-order valence-corrected chi connectivity index (χ0v) is 13.7. The van der Waals surface area contributed by atoms with Gasteiger partial charge in [0.05, 0.1) is 20.3 Å². The lowest BCUT2D eigenvalue weighted by Crippen LogP contribution is -2.36. The number of hydrogen-bond donors (Lipinski definition) is 2. The number of benzene rings is 1. The highest BCUT2D eigenvalue weighted by atomic mass is 35.5. The summed E-state index contributed by atoms with van der Waals surface area (Å²) in [6, 6.07) is 5.34. The second kappa shape index (κ2) is 7.72. The molecule has 0 saturated carbocycles. The number of aliphatic hydroxyl groups excluding tert-OH is 1. The Hall–Kier alpha value is -0.970. The Bertz CT molecular complexity index is 418. The Morgan fingerprint density at radius 2 is 1.70 bits per heavy atom. The van der Waals surface area contributed by atoms with Crippen molar-refractivity contribution in [3.05, 3.63) is 23.8 Å². The average Bonchev–Trinajstić information content (AvgIpc) is 2.36. The van der Waals surface area contributed by atoms with E-state index in [1.54, 1.807) is 26.4 Å². The molecule has 2 atom stereocenters. The Balaban J connectivity index is 0.00000361. The van der Waals surface area contributed by atoms with E-state index >= 15 is 0 Å². The van der Waals surface area contributed by atoms with Crippen LogP contribution in [0.5, 0.6) is 11.5 Å². The smallest absolute Gasteiger partial charge is 0.161 e. The highest BCUT2D eigenvalue weighted by Crippen LogP contribution is 2.32. The molecule has 3 N–H and O–H groups in total. The molecule has 1 aromatic rings. The van der Waals surface area contributed by atoms with Crippen LogP contribution in [0.15, 0.2) is 18.2 Å². The van der Waals surface area contributed by atoms with Crippen molar-refractivity contribution in [1.82, 2.24) is 0 Å². The lowest BCUT2D eigenvalue weighted by atomic mass is 9.83. The number of aliphatic hydroxyl groups is 1. The molecule has 0 aliphatic rings. The molecule has 0 bridgehead atoms. The van der Waals surface area contributed by atoms with Gasteiger partial charge in [0.2, 0.25) is 0 Å². The molecule has 0 saturated heterocycles. The van der Waals surface area contributed by atoms with E-state index in [0.717, 1.165) is 5.56 Å². The maximum absolute atomic E-state index is 10.3. The van der Waals surface area contributed by atoms with Crippen molar-refractivity contribution in [3.8, 4) is 11.5 Å². The van der Waals surface area contributed by atoms with Crippen LogP contribution >= 0.6 is 12.4 Å². The summed E-state index contributed by atoms with van der Waals surface area (Å²) in [5, 5.41) is 10.3. The molecule has 4 nitrogen and oxygen atoms in total. The molecule has 5 heteroatoms. The van der Waals surface area contributed by atoms with Gasteiger partial charge in [-0.1, -0.05) is 26.8 Å². The van der Waals surface area contributed by atoms with Crippen LogP contribution in [0.25, 0.3) is 0 Å². The molecule has 20 heavy (non-hydrogen) atoms. The van der Waals surface area contributed by atoms with Crippen LogP contribution in [-0.4, -0.2) is 25.4 Å². The van der Waals surface area contributed by atoms with Crippen molar-refractivity contribution < 1.29 is 14.6 Å². The number of halogens is 1. The Morgan fingerprint density at radius 3 is 2.15 bits per heavy atom. The zero-order valence-electron chi connectivity index (χ0n) is 12.8. The SMILES string of the molecule is COc1ccc([C@H](O)C[C@H](N)C(C)(C)C)cc1OC.Cl. The monoisotopic (exact) mass is 303 g/mol. The number of methoxy groups -OCH3 is 2. The van der Waals surface area contributed by atoms with Gasteiger partial charge in [0.1, 0.15) is 0 Å². The highest BCUT2D eigenvalue weighted by Gasteiger charge is 2.24. The summed E-state index contributed by atoms with van der Waals surface area (Å²) in [6.45, 7) is 6.21. The normalized spacial score (nSPS) is 14.2. The van der Waals surface area contributed by atoms with Crippen molar-refractivity contribution >= 4 is 12.4 Å². The Labute approximate surface area is 127 Å². The molecule has 0 amide bonds. The minimum atomic E-state index is -0.603. The van der Waals surface area contributed by atoms with Crippen LogP contribution in [-0.2, 0) is 0 Å². The van der Waals surface area contributed by atoms with Gasteiger partial charge >= 0.3 is 0 Å². The molecular weight excluding hydrogens is 278 g/mol. The van der Waals surface area contributed by atoms with Gasteiger partial charge in [-0.25, -0.2) is 0 Å². The van der Waals surface area contributed by atoms with E-state index in [4.69, 9.17) is 15.2 Å². The highest BCUT2D eigenvalue weighted by molar-refractivity contribution is 5.85. The van der Waals surface area contributed by atoms with Crippen molar-refractivity contribution in [3.63, 3.8) is 0 Å². The molecule has 0 fully saturated rings. The number of ether oxygens (including phenoxy) is 2. The van der Waals surface area contributed by atoms with Gasteiger partial charge in [-0.05, 0) is 29.5 Å². The zero-order chi connectivity index (χ0) is 14.6. The summed E-state index contributed by atoms with van der Waals surface area (Å²) in [7, 11) is 3.17. The molecule has 1 rings (SSSR count). The second-order valence-electron chi connectivity index (χ2n) is 5.84. The second-order valence-corrected chi connectivity index (χ2v) is 5.84. The molecule has 0 spiro atoms. The molecule has 0 aliphatic heterocycles. The van der Waals surface area contributed by atoms with Gasteiger partial charge in [-0.15, -0.1) is 12.4 Å². The predicted octanol–water partition coefficient (Wildman–Crippen LogP) is 2.92. The summed E-state index contributed by atoms with van der Waals surface area (Å²) in [6.07, 6.45) is -0.0899. The average molecular weight is 304 g/mol. The molecular formula is C15H26ClNO3. The first-order chi connectivity index (χ1) is 8.79. The minimum Gasteiger partial charge on any atom is -0.493 e. The Kier molecular flexibility index (Phi) is 7.34. The summed E-state index contributed by atoms with van der Waals surface area (Å²) in [5.41, 5.74) is 6.86. The standard InChI is InChI=1S/C15H25NO3.ClH/c1-15(2,3)14(16)9-11(17)10-6-7-12(18-4)13(8-10)19-5;/h6-8,11,14,17H,9,16H2,1-5H3;1H/t11-,14+;/m1./s1. The fourth-order valence-electron chi connectivity index (χ4n) is 1.79. The molecule has 0 unspecified atom stereocenters. The fourth-order valence-corrected chi connectivity index (χ4v) is 1.79. The first-order valence-corrected chi connectivity index (χ1v) is 6.45.